The number of para-hydroxylation sites is 2. The van der Waals surface area contributed by atoms with Crippen molar-refractivity contribution in [2.45, 2.75) is 25.9 Å². The van der Waals surface area contributed by atoms with E-state index in [2.05, 4.69) is 6.58 Å². The van der Waals surface area contributed by atoms with Crippen LogP contribution >= 0.6 is 0 Å². The molecule has 0 aromatic heterocycles. The highest BCUT2D eigenvalue weighted by Gasteiger charge is 2.35. The summed E-state index contributed by atoms with van der Waals surface area (Å²) in [7, 11) is -2.54. The maximum Gasteiger partial charge on any atom is 0.457 e. The molecular formula is C20H24O4Si. The third kappa shape index (κ3) is 6.47. The van der Waals surface area contributed by atoms with E-state index in [9.17, 15) is 4.79 Å². The minimum atomic E-state index is -2.54. The van der Waals surface area contributed by atoms with Gasteiger partial charge in [0.1, 0.15) is 11.5 Å². The van der Waals surface area contributed by atoms with Crippen molar-refractivity contribution in [2.24, 2.45) is 0 Å². The Hall–Kier alpha value is -2.53. The van der Waals surface area contributed by atoms with Crippen molar-refractivity contribution in [3.63, 3.8) is 0 Å². The number of hydrogen-bond donors (Lipinski definition) is 0. The molecule has 0 N–H and O–H groups in total. The van der Waals surface area contributed by atoms with Crippen LogP contribution in [0.1, 0.15) is 13.3 Å². The van der Waals surface area contributed by atoms with E-state index in [0.717, 1.165) is 11.5 Å². The molecule has 0 saturated carbocycles. The van der Waals surface area contributed by atoms with Gasteiger partial charge in [-0.2, -0.15) is 0 Å². The molecule has 0 atom stereocenters. The van der Waals surface area contributed by atoms with Crippen molar-refractivity contribution < 1.29 is 18.4 Å². The van der Waals surface area contributed by atoms with Gasteiger partial charge in [-0.25, -0.2) is 4.79 Å². The molecule has 0 saturated heterocycles. The summed E-state index contributed by atoms with van der Waals surface area (Å²) in [5, 5.41) is 0. The first-order chi connectivity index (χ1) is 12.0. The lowest BCUT2D eigenvalue weighted by molar-refractivity contribution is -0.138. The number of carbonyl (C=O) groups is 1. The van der Waals surface area contributed by atoms with Crippen molar-refractivity contribution in [2.75, 3.05) is 6.61 Å². The Morgan fingerprint density at radius 1 is 0.960 bits per heavy atom. The summed E-state index contributed by atoms with van der Waals surface area (Å²) < 4.78 is 17.6. The van der Waals surface area contributed by atoms with Crippen molar-refractivity contribution in [1.82, 2.24) is 0 Å². The zero-order valence-electron chi connectivity index (χ0n) is 14.7. The number of benzene rings is 2. The highest BCUT2D eigenvalue weighted by atomic mass is 28.4. The average molecular weight is 356 g/mol. The zero-order chi connectivity index (χ0) is 18.1. The van der Waals surface area contributed by atoms with Crippen LogP contribution in [0.3, 0.4) is 0 Å². The Balaban J connectivity index is 2.01. The molecule has 0 spiro atoms. The topological polar surface area (TPSA) is 44.8 Å². The Kier molecular flexibility index (Phi) is 6.83. The SMILES string of the molecule is C=C(C)C(=O)OCCC[Si](C)(Oc1ccccc1)Oc1ccccc1. The summed E-state index contributed by atoms with van der Waals surface area (Å²) >= 11 is 0. The Morgan fingerprint density at radius 3 is 1.88 bits per heavy atom. The van der Waals surface area contributed by atoms with Gasteiger partial charge in [0.2, 0.25) is 0 Å². The van der Waals surface area contributed by atoms with Crippen molar-refractivity contribution >= 4 is 14.5 Å². The van der Waals surface area contributed by atoms with Gasteiger partial charge in [0, 0.05) is 18.2 Å². The normalized spacial score (nSPS) is 10.8. The highest BCUT2D eigenvalue weighted by Crippen LogP contribution is 2.24. The molecule has 0 aliphatic heterocycles. The molecule has 0 aliphatic rings. The Morgan fingerprint density at radius 2 is 1.44 bits per heavy atom. The molecule has 0 heterocycles. The zero-order valence-corrected chi connectivity index (χ0v) is 15.7. The minimum absolute atomic E-state index is 0.324. The Labute approximate surface area is 150 Å². The second kappa shape index (κ2) is 9.08. The fourth-order valence-corrected chi connectivity index (χ4v) is 4.58. The predicted octanol–water partition coefficient (Wildman–Crippen LogP) is 4.73. The fraction of sp³-hybridized carbons (Fsp3) is 0.250. The van der Waals surface area contributed by atoms with Crippen LogP contribution in [0.25, 0.3) is 0 Å². The number of carbonyl (C=O) groups excluding carboxylic acids is 1. The first-order valence-electron chi connectivity index (χ1n) is 8.29. The van der Waals surface area contributed by atoms with Gasteiger partial charge < -0.3 is 13.6 Å². The summed E-state index contributed by atoms with van der Waals surface area (Å²) in [5.74, 6) is 1.20. The maximum atomic E-state index is 11.5. The van der Waals surface area contributed by atoms with Crippen LogP contribution in [0.4, 0.5) is 0 Å². The quantitative estimate of drug-likeness (QED) is 0.282. The van der Waals surface area contributed by atoms with Crippen LogP contribution in [-0.2, 0) is 9.53 Å². The van der Waals surface area contributed by atoms with Crippen LogP contribution in [0, 0.1) is 0 Å². The lowest BCUT2D eigenvalue weighted by atomic mass is 10.3. The molecule has 0 radical (unpaired) electrons. The van der Waals surface area contributed by atoms with Crippen molar-refractivity contribution in [3.8, 4) is 11.5 Å². The first-order valence-corrected chi connectivity index (χ1v) is 10.8. The smallest absolute Gasteiger partial charge is 0.457 e. The fourth-order valence-electron chi connectivity index (χ4n) is 2.28. The van der Waals surface area contributed by atoms with Crippen molar-refractivity contribution in [3.05, 3.63) is 72.8 Å². The molecule has 5 heteroatoms. The van der Waals surface area contributed by atoms with Gasteiger partial charge in [-0.1, -0.05) is 43.0 Å². The Bertz CT molecular complexity index is 644. The molecule has 2 rings (SSSR count). The average Bonchev–Trinajstić information content (AvgIpc) is 2.60. The summed E-state index contributed by atoms with van der Waals surface area (Å²) in [5.41, 5.74) is 0.404. The number of rotatable bonds is 9. The van der Waals surface area contributed by atoms with E-state index in [4.69, 9.17) is 13.6 Å². The molecule has 4 nitrogen and oxygen atoms in total. The van der Waals surface area contributed by atoms with Gasteiger partial charge in [0.25, 0.3) is 0 Å². The van der Waals surface area contributed by atoms with E-state index in [-0.39, 0.29) is 5.97 Å². The molecule has 0 fully saturated rings. The third-order valence-corrected chi connectivity index (χ3v) is 6.11. The highest BCUT2D eigenvalue weighted by molar-refractivity contribution is 6.67. The van der Waals surface area contributed by atoms with Gasteiger partial charge in [-0.3, -0.25) is 0 Å². The summed E-state index contributed by atoms with van der Waals surface area (Å²) in [6.07, 6.45) is 0.668. The number of hydrogen-bond acceptors (Lipinski definition) is 4. The van der Waals surface area contributed by atoms with E-state index >= 15 is 0 Å². The number of esters is 1. The van der Waals surface area contributed by atoms with Crippen LogP contribution in [0.5, 0.6) is 11.5 Å². The van der Waals surface area contributed by atoms with E-state index in [1.54, 1.807) is 6.92 Å². The molecular weight excluding hydrogens is 332 g/mol. The largest absolute Gasteiger partial charge is 0.512 e. The van der Waals surface area contributed by atoms with E-state index < -0.39 is 8.56 Å². The van der Waals surface area contributed by atoms with Gasteiger partial charge in [-0.15, -0.1) is 0 Å². The molecule has 0 aliphatic carbocycles. The first kappa shape index (κ1) is 18.8. The molecule has 0 unspecified atom stereocenters. The van der Waals surface area contributed by atoms with Gasteiger partial charge >= 0.3 is 14.5 Å². The molecule has 2 aromatic rings. The summed E-state index contributed by atoms with van der Waals surface area (Å²) in [6, 6.07) is 20.0. The van der Waals surface area contributed by atoms with E-state index in [0.29, 0.717) is 24.6 Å². The second-order valence-electron chi connectivity index (χ2n) is 5.98. The standard InChI is InChI=1S/C20H24O4Si/c1-17(2)20(21)22-15-10-16-25(3,23-18-11-6-4-7-12-18)24-19-13-8-5-9-14-19/h4-9,11-14H,1,10,15-16H2,2-3H3. The van der Waals surface area contributed by atoms with Crippen LogP contribution in [0.15, 0.2) is 72.8 Å². The van der Waals surface area contributed by atoms with Crippen LogP contribution < -0.4 is 8.85 Å². The lowest BCUT2D eigenvalue weighted by Gasteiger charge is -2.28. The number of ether oxygens (including phenoxy) is 1. The van der Waals surface area contributed by atoms with Crippen molar-refractivity contribution in [1.29, 1.82) is 0 Å². The van der Waals surface area contributed by atoms with Gasteiger partial charge in [-0.05, 0) is 37.6 Å². The lowest BCUT2D eigenvalue weighted by Crippen LogP contribution is -2.45. The summed E-state index contributed by atoms with van der Waals surface area (Å²) in [4.78, 5) is 11.5. The minimum Gasteiger partial charge on any atom is -0.512 e. The van der Waals surface area contributed by atoms with E-state index in [1.165, 1.54) is 0 Å². The maximum absolute atomic E-state index is 11.5. The second-order valence-corrected chi connectivity index (χ2v) is 9.16. The van der Waals surface area contributed by atoms with Crippen LogP contribution in [0.2, 0.25) is 12.6 Å². The monoisotopic (exact) mass is 356 g/mol. The molecule has 25 heavy (non-hydrogen) atoms. The molecule has 0 amide bonds. The third-order valence-electron chi connectivity index (χ3n) is 3.51. The van der Waals surface area contributed by atoms with Gasteiger partial charge in [0.05, 0.1) is 6.61 Å². The molecule has 132 valence electrons. The van der Waals surface area contributed by atoms with Crippen LogP contribution in [-0.4, -0.2) is 21.1 Å². The molecule has 0 bridgehead atoms. The van der Waals surface area contributed by atoms with E-state index in [1.807, 2.05) is 67.2 Å². The summed E-state index contributed by atoms with van der Waals surface area (Å²) in [6.45, 7) is 7.56. The van der Waals surface area contributed by atoms with Gasteiger partial charge in [0.15, 0.2) is 0 Å². The molecule has 2 aromatic carbocycles. The predicted molar refractivity (Wildman–Crippen MR) is 101 cm³/mol.